The van der Waals surface area contributed by atoms with Crippen molar-refractivity contribution in [1.29, 1.82) is 0 Å². The highest BCUT2D eigenvalue weighted by Crippen LogP contribution is 2.31. The summed E-state index contributed by atoms with van der Waals surface area (Å²) in [5.74, 6) is 5.54. The Kier molecular flexibility index (Phi) is 9.17. The number of carbonyl (C=O) groups excluding carboxylic acids is 2. The summed E-state index contributed by atoms with van der Waals surface area (Å²) in [7, 11) is 3.95. The van der Waals surface area contributed by atoms with Crippen molar-refractivity contribution in [3.05, 3.63) is 59.1 Å². The minimum atomic E-state index is -0.767. The van der Waals surface area contributed by atoms with E-state index in [-0.39, 0.29) is 36.7 Å². The maximum absolute atomic E-state index is 13.5. The molecule has 1 aliphatic heterocycles. The number of benzene rings is 1. The summed E-state index contributed by atoms with van der Waals surface area (Å²) in [5.41, 5.74) is 4.48. The van der Waals surface area contributed by atoms with Gasteiger partial charge in [-0.2, -0.15) is 0 Å². The monoisotopic (exact) mass is 549 g/mol. The Hall–Kier alpha value is -3.52. The van der Waals surface area contributed by atoms with Crippen LogP contribution in [0.4, 0.5) is 0 Å². The van der Waals surface area contributed by atoms with E-state index in [0.717, 1.165) is 21.7 Å². The van der Waals surface area contributed by atoms with E-state index in [0.29, 0.717) is 12.3 Å². The van der Waals surface area contributed by atoms with Gasteiger partial charge >= 0.3 is 0 Å². The molecule has 2 N–H and O–H groups in total. The highest BCUT2D eigenvalue weighted by molar-refractivity contribution is 7.13. The molecular weight excluding hydrogens is 514 g/mol. The molecule has 0 spiro atoms. The van der Waals surface area contributed by atoms with Gasteiger partial charge in [0.05, 0.1) is 35.3 Å². The predicted octanol–water partition coefficient (Wildman–Crippen LogP) is 3.29. The summed E-state index contributed by atoms with van der Waals surface area (Å²) < 4.78 is 5.28. The first-order valence-corrected chi connectivity index (χ1v) is 13.9. The Morgan fingerprint density at radius 2 is 1.97 bits per heavy atom. The van der Waals surface area contributed by atoms with Crippen LogP contribution in [0.15, 0.2) is 46.6 Å². The van der Waals surface area contributed by atoms with Crippen LogP contribution in [0.3, 0.4) is 0 Å². The fourth-order valence-electron chi connectivity index (χ4n) is 4.74. The van der Waals surface area contributed by atoms with E-state index in [4.69, 9.17) is 4.52 Å². The number of nitrogens with zero attached hydrogens (tertiary/aromatic N) is 4. The number of hydrogen-bond acceptors (Lipinski definition) is 8. The van der Waals surface area contributed by atoms with Gasteiger partial charge in [0.2, 0.25) is 11.8 Å². The third-order valence-corrected chi connectivity index (χ3v) is 7.64. The lowest BCUT2D eigenvalue weighted by atomic mass is 9.91. The third kappa shape index (κ3) is 6.74. The standard InChI is InChI=1S/C29H35N5O4S/c1-18(2)26(25-12-13-31-38-25)29(37)34-16-22(35)15-24(34)28(36)32-19(3)20-8-10-21(11-9-20)27-23(30-17-39-27)7-6-14-33(4)5/h8-13,17-19,22,24,26,35H,14-16H2,1-5H3,(H,32,36)/t19?,22-,24?,26?/m1/s1. The maximum atomic E-state index is 13.5. The molecule has 39 heavy (non-hydrogen) atoms. The van der Waals surface area contributed by atoms with Crippen molar-refractivity contribution >= 4 is 23.2 Å². The fourth-order valence-corrected chi connectivity index (χ4v) is 5.49. The topological polar surface area (TPSA) is 112 Å². The van der Waals surface area contributed by atoms with Crippen LogP contribution < -0.4 is 5.32 Å². The van der Waals surface area contributed by atoms with Gasteiger partial charge in [-0.05, 0) is 44.0 Å². The van der Waals surface area contributed by atoms with Crippen LogP contribution >= 0.6 is 11.3 Å². The second-order valence-corrected chi connectivity index (χ2v) is 11.3. The Balaban J connectivity index is 1.44. The summed E-state index contributed by atoms with van der Waals surface area (Å²) >= 11 is 1.54. The molecule has 1 aromatic carbocycles. The first-order valence-electron chi connectivity index (χ1n) is 13.0. The van der Waals surface area contributed by atoms with Gasteiger partial charge in [0, 0.05) is 19.0 Å². The Morgan fingerprint density at radius 3 is 2.62 bits per heavy atom. The molecule has 9 nitrogen and oxygen atoms in total. The van der Waals surface area contributed by atoms with E-state index in [1.807, 2.05) is 64.0 Å². The van der Waals surface area contributed by atoms with Crippen LogP contribution in [-0.2, 0) is 9.59 Å². The van der Waals surface area contributed by atoms with Gasteiger partial charge in [0.15, 0.2) is 0 Å². The van der Waals surface area contributed by atoms with E-state index in [9.17, 15) is 14.7 Å². The number of amides is 2. The lowest BCUT2D eigenvalue weighted by molar-refractivity contribution is -0.141. The number of nitrogens with one attached hydrogen (secondary N) is 1. The normalized spacial score (nSPS) is 18.6. The molecule has 0 aliphatic carbocycles. The molecule has 2 amide bonds. The first-order chi connectivity index (χ1) is 18.7. The molecule has 1 fully saturated rings. The van der Waals surface area contributed by atoms with Gasteiger partial charge in [-0.1, -0.05) is 49.2 Å². The van der Waals surface area contributed by atoms with Crippen molar-refractivity contribution in [3.8, 4) is 22.3 Å². The van der Waals surface area contributed by atoms with Crippen molar-refractivity contribution in [2.45, 2.75) is 51.3 Å². The molecule has 0 radical (unpaired) electrons. The number of aliphatic hydroxyl groups excluding tert-OH is 1. The molecule has 10 heteroatoms. The molecule has 4 atom stereocenters. The highest BCUT2D eigenvalue weighted by Gasteiger charge is 2.43. The molecule has 0 bridgehead atoms. The molecule has 1 aliphatic rings. The van der Waals surface area contributed by atoms with E-state index in [1.165, 1.54) is 11.1 Å². The van der Waals surface area contributed by atoms with Crippen molar-refractivity contribution in [2.24, 2.45) is 5.92 Å². The molecule has 4 rings (SSSR count). The smallest absolute Gasteiger partial charge is 0.243 e. The highest BCUT2D eigenvalue weighted by atomic mass is 32.1. The molecule has 1 saturated heterocycles. The average Bonchev–Trinajstić information content (AvgIpc) is 3.65. The number of rotatable bonds is 8. The molecule has 206 valence electrons. The van der Waals surface area contributed by atoms with E-state index in [1.54, 1.807) is 22.9 Å². The third-order valence-electron chi connectivity index (χ3n) is 6.76. The number of thiazole rings is 1. The van der Waals surface area contributed by atoms with E-state index in [2.05, 4.69) is 27.3 Å². The average molecular weight is 550 g/mol. The largest absolute Gasteiger partial charge is 0.391 e. The van der Waals surface area contributed by atoms with Crippen molar-refractivity contribution in [3.63, 3.8) is 0 Å². The van der Waals surface area contributed by atoms with Crippen LogP contribution in [0.1, 0.15) is 56.2 Å². The summed E-state index contributed by atoms with van der Waals surface area (Å²) in [5, 5.41) is 17.1. The number of aromatic nitrogens is 2. The molecule has 3 aromatic rings. The van der Waals surface area contributed by atoms with Crippen LogP contribution in [0, 0.1) is 17.8 Å². The van der Waals surface area contributed by atoms with Crippen molar-refractivity contribution in [1.82, 2.24) is 25.3 Å². The predicted molar refractivity (Wildman–Crippen MR) is 150 cm³/mol. The van der Waals surface area contributed by atoms with Crippen molar-refractivity contribution < 1.29 is 19.2 Å². The number of β-amino-alcohol motifs (C(OH)–C–C–N with tert-alkyl or cyclic N) is 1. The van der Waals surface area contributed by atoms with Crippen LogP contribution in [0.2, 0.25) is 0 Å². The fraction of sp³-hybridized carbons (Fsp3) is 0.448. The summed E-state index contributed by atoms with van der Waals surface area (Å²) in [6.07, 6.45) is 0.923. The van der Waals surface area contributed by atoms with Gasteiger partial charge in [-0.15, -0.1) is 11.3 Å². The minimum absolute atomic E-state index is 0.0673. The molecule has 3 heterocycles. The summed E-state index contributed by atoms with van der Waals surface area (Å²) in [6.45, 7) is 6.51. The Morgan fingerprint density at radius 1 is 1.23 bits per heavy atom. The summed E-state index contributed by atoms with van der Waals surface area (Å²) in [4.78, 5) is 35.7. The number of aliphatic hydroxyl groups is 1. The number of carbonyl (C=O) groups is 2. The van der Waals surface area contributed by atoms with Gasteiger partial charge in [0.1, 0.15) is 23.4 Å². The summed E-state index contributed by atoms with van der Waals surface area (Å²) in [6, 6.07) is 8.56. The van der Waals surface area contributed by atoms with Crippen LogP contribution in [-0.4, -0.2) is 76.2 Å². The Labute approximate surface area is 233 Å². The second-order valence-electron chi connectivity index (χ2n) is 10.5. The SMILES string of the molecule is CC(NC(=O)C1C[C@@H](O)CN1C(=O)C(c1ccno1)C(C)C)c1ccc(-c2scnc2C#CCN(C)C)cc1. The maximum Gasteiger partial charge on any atom is 0.243 e. The van der Waals surface area contributed by atoms with Crippen LogP contribution in [0.5, 0.6) is 0 Å². The molecule has 3 unspecified atom stereocenters. The molecule has 2 aromatic heterocycles. The zero-order valence-corrected chi connectivity index (χ0v) is 23.7. The lowest BCUT2D eigenvalue weighted by Gasteiger charge is -2.29. The minimum Gasteiger partial charge on any atom is -0.391 e. The quantitative estimate of drug-likeness (QED) is 0.415. The van der Waals surface area contributed by atoms with Gasteiger partial charge < -0.3 is 19.8 Å². The van der Waals surface area contributed by atoms with Gasteiger partial charge in [-0.25, -0.2) is 4.98 Å². The number of hydrogen-bond donors (Lipinski definition) is 2. The lowest BCUT2D eigenvalue weighted by Crippen LogP contribution is -2.48. The molecule has 0 saturated carbocycles. The number of likely N-dealkylation sites (tertiary alicyclic amines) is 1. The Bertz CT molecular complexity index is 1320. The first kappa shape index (κ1) is 28.5. The van der Waals surface area contributed by atoms with Gasteiger partial charge in [-0.3, -0.25) is 14.5 Å². The zero-order chi connectivity index (χ0) is 28.1. The van der Waals surface area contributed by atoms with Gasteiger partial charge in [0.25, 0.3) is 0 Å². The van der Waals surface area contributed by atoms with E-state index >= 15 is 0 Å². The molecular formula is C29H35N5O4S. The zero-order valence-electron chi connectivity index (χ0n) is 22.9. The van der Waals surface area contributed by atoms with Crippen molar-refractivity contribution in [2.75, 3.05) is 27.2 Å². The second kappa shape index (κ2) is 12.6. The van der Waals surface area contributed by atoms with Crippen LogP contribution in [0.25, 0.3) is 10.4 Å². The van der Waals surface area contributed by atoms with E-state index < -0.39 is 18.1 Å².